The van der Waals surface area contributed by atoms with E-state index in [0.29, 0.717) is 4.88 Å². The minimum Gasteiger partial charge on any atom is -0.332 e. The summed E-state index contributed by atoms with van der Waals surface area (Å²) in [6.45, 7) is -0.00241. The van der Waals surface area contributed by atoms with Gasteiger partial charge < -0.3 is 10.2 Å². The highest BCUT2D eigenvalue weighted by Gasteiger charge is 2.17. The second-order valence-electron chi connectivity index (χ2n) is 5.34. The second kappa shape index (κ2) is 7.15. The van der Waals surface area contributed by atoms with Gasteiger partial charge in [-0.05, 0) is 39.5 Å². The molecule has 1 N–H and O–H groups in total. The number of rotatable bonds is 4. The number of benzene rings is 2. The van der Waals surface area contributed by atoms with Crippen molar-refractivity contribution in [2.45, 2.75) is 0 Å². The van der Waals surface area contributed by atoms with Gasteiger partial charge in [0.15, 0.2) is 0 Å². The molecule has 122 valence electrons. The van der Waals surface area contributed by atoms with Crippen LogP contribution >= 0.6 is 27.3 Å². The maximum Gasteiger partial charge on any atom is 0.264 e. The van der Waals surface area contributed by atoms with E-state index in [0.717, 1.165) is 20.2 Å². The number of fused-ring (bicyclic) bond motifs is 1. The van der Waals surface area contributed by atoms with Crippen molar-refractivity contribution in [1.29, 1.82) is 0 Å². The molecular weight excluding hydrogens is 388 g/mol. The van der Waals surface area contributed by atoms with E-state index in [2.05, 4.69) is 21.2 Å². The van der Waals surface area contributed by atoms with Crippen molar-refractivity contribution >= 4 is 55.5 Å². The molecule has 0 fully saturated rings. The van der Waals surface area contributed by atoms with E-state index < -0.39 is 0 Å². The van der Waals surface area contributed by atoms with Crippen molar-refractivity contribution in [2.24, 2.45) is 0 Å². The van der Waals surface area contributed by atoms with Crippen molar-refractivity contribution in [1.82, 2.24) is 4.90 Å². The summed E-state index contributed by atoms with van der Waals surface area (Å²) in [5.74, 6) is -0.392. The molecule has 3 rings (SSSR count). The fourth-order valence-corrected chi connectivity index (χ4v) is 3.81. The standard InChI is InChI=1S/C18H15BrN2O2S/c1-21(18(23)15-9-10-16(19)24-15)11-17(22)20-14-8-4-6-12-5-2-3-7-13(12)14/h2-10H,11H2,1H3,(H,20,22). The number of hydrogen-bond acceptors (Lipinski definition) is 3. The highest BCUT2D eigenvalue weighted by atomic mass is 79.9. The van der Waals surface area contributed by atoms with Gasteiger partial charge in [-0.1, -0.05) is 36.4 Å². The lowest BCUT2D eigenvalue weighted by Gasteiger charge is -2.16. The van der Waals surface area contributed by atoms with Gasteiger partial charge in [0.05, 0.1) is 15.2 Å². The summed E-state index contributed by atoms with van der Waals surface area (Å²) in [5.41, 5.74) is 0.748. The summed E-state index contributed by atoms with van der Waals surface area (Å²) in [4.78, 5) is 26.6. The molecule has 0 radical (unpaired) electrons. The van der Waals surface area contributed by atoms with Crippen molar-refractivity contribution in [3.05, 3.63) is 63.3 Å². The number of nitrogens with one attached hydrogen (secondary N) is 1. The van der Waals surface area contributed by atoms with E-state index in [1.54, 1.807) is 13.1 Å². The third-order valence-electron chi connectivity index (χ3n) is 3.58. The highest BCUT2D eigenvalue weighted by molar-refractivity contribution is 9.11. The molecule has 2 aromatic carbocycles. The number of thiophene rings is 1. The van der Waals surface area contributed by atoms with Crippen molar-refractivity contribution in [3.8, 4) is 0 Å². The fraction of sp³-hybridized carbons (Fsp3) is 0.111. The Labute approximate surface area is 152 Å². The van der Waals surface area contributed by atoms with Crippen LogP contribution in [0.15, 0.2) is 58.4 Å². The molecule has 0 aliphatic carbocycles. The summed E-state index contributed by atoms with van der Waals surface area (Å²) in [6, 6.07) is 17.2. The van der Waals surface area contributed by atoms with Crippen molar-refractivity contribution < 1.29 is 9.59 Å². The van der Waals surface area contributed by atoms with Crippen LogP contribution in [-0.2, 0) is 4.79 Å². The minimum absolute atomic E-state index is 0.00241. The summed E-state index contributed by atoms with van der Waals surface area (Å²) in [7, 11) is 1.62. The number of nitrogens with zero attached hydrogens (tertiary/aromatic N) is 1. The Kier molecular flexibility index (Phi) is 4.97. The molecule has 0 aliphatic rings. The molecule has 0 aliphatic heterocycles. The molecule has 0 spiro atoms. The molecule has 1 heterocycles. The van der Waals surface area contributed by atoms with Crippen LogP contribution in [0.4, 0.5) is 5.69 Å². The van der Waals surface area contributed by atoms with Crippen LogP contribution in [-0.4, -0.2) is 30.3 Å². The Balaban J connectivity index is 1.70. The topological polar surface area (TPSA) is 49.4 Å². The molecule has 1 aromatic heterocycles. The van der Waals surface area contributed by atoms with Crippen LogP contribution in [0.1, 0.15) is 9.67 Å². The van der Waals surface area contributed by atoms with Crippen LogP contribution in [0, 0.1) is 0 Å². The zero-order valence-corrected chi connectivity index (χ0v) is 15.4. The maximum atomic E-state index is 12.3. The largest absolute Gasteiger partial charge is 0.332 e. The van der Waals surface area contributed by atoms with Gasteiger partial charge in [-0.15, -0.1) is 11.3 Å². The maximum absolute atomic E-state index is 12.3. The number of carbonyl (C=O) groups excluding carboxylic acids is 2. The average molecular weight is 403 g/mol. The van der Waals surface area contributed by atoms with Gasteiger partial charge in [-0.3, -0.25) is 9.59 Å². The Bertz CT molecular complexity index is 901. The third kappa shape index (κ3) is 3.66. The van der Waals surface area contributed by atoms with E-state index in [-0.39, 0.29) is 18.4 Å². The Hall–Kier alpha value is -2.18. The van der Waals surface area contributed by atoms with Gasteiger partial charge >= 0.3 is 0 Å². The van der Waals surface area contributed by atoms with Gasteiger partial charge in [-0.25, -0.2) is 0 Å². The van der Waals surface area contributed by atoms with Crippen LogP contribution in [0.2, 0.25) is 0 Å². The summed E-state index contributed by atoms with van der Waals surface area (Å²) < 4.78 is 0.888. The number of amides is 2. The van der Waals surface area contributed by atoms with Gasteiger partial charge in [0.25, 0.3) is 5.91 Å². The highest BCUT2D eigenvalue weighted by Crippen LogP contribution is 2.24. The first kappa shape index (κ1) is 16.7. The predicted octanol–water partition coefficient (Wildman–Crippen LogP) is 4.37. The molecule has 0 bridgehead atoms. The number of anilines is 1. The van der Waals surface area contributed by atoms with Gasteiger partial charge in [0.2, 0.25) is 5.91 Å². The SMILES string of the molecule is CN(CC(=O)Nc1cccc2ccccc12)C(=O)c1ccc(Br)s1. The van der Waals surface area contributed by atoms with Crippen LogP contribution in [0.5, 0.6) is 0 Å². The first-order chi connectivity index (χ1) is 11.5. The van der Waals surface area contributed by atoms with E-state index in [1.165, 1.54) is 16.2 Å². The van der Waals surface area contributed by atoms with Crippen LogP contribution < -0.4 is 5.32 Å². The normalized spacial score (nSPS) is 10.6. The van der Waals surface area contributed by atoms with E-state index in [1.807, 2.05) is 48.5 Å². The molecule has 0 atom stereocenters. The van der Waals surface area contributed by atoms with Crippen molar-refractivity contribution in [3.63, 3.8) is 0 Å². The number of hydrogen-bond donors (Lipinski definition) is 1. The molecule has 0 unspecified atom stereocenters. The average Bonchev–Trinajstić information content (AvgIpc) is 3.01. The van der Waals surface area contributed by atoms with E-state index in [4.69, 9.17) is 0 Å². The second-order valence-corrected chi connectivity index (χ2v) is 7.80. The van der Waals surface area contributed by atoms with Gasteiger partial charge in [0, 0.05) is 18.1 Å². The third-order valence-corrected chi connectivity index (χ3v) is 5.19. The van der Waals surface area contributed by atoms with Gasteiger partial charge in [-0.2, -0.15) is 0 Å². The number of likely N-dealkylation sites (N-methyl/N-ethyl adjacent to an activating group) is 1. The monoisotopic (exact) mass is 402 g/mol. The zero-order chi connectivity index (χ0) is 17.1. The van der Waals surface area contributed by atoms with Crippen LogP contribution in [0.25, 0.3) is 10.8 Å². The Morgan fingerprint density at radius 2 is 1.83 bits per heavy atom. The molecule has 0 saturated heterocycles. The van der Waals surface area contributed by atoms with Gasteiger partial charge in [0.1, 0.15) is 0 Å². The lowest BCUT2D eigenvalue weighted by molar-refractivity contribution is -0.116. The quantitative estimate of drug-likeness (QED) is 0.703. The lowest BCUT2D eigenvalue weighted by Crippen LogP contribution is -2.34. The summed E-state index contributed by atoms with van der Waals surface area (Å²) in [6.07, 6.45) is 0. The molecule has 6 heteroatoms. The minimum atomic E-state index is -0.224. The van der Waals surface area contributed by atoms with E-state index >= 15 is 0 Å². The smallest absolute Gasteiger partial charge is 0.264 e. The summed E-state index contributed by atoms with van der Waals surface area (Å²) in [5, 5.41) is 4.92. The fourth-order valence-electron chi connectivity index (χ4n) is 2.43. The van der Waals surface area contributed by atoms with Crippen LogP contribution in [0.3, 0.4) is 0 Å². The molecule has 0 saturated carbocycles. The lowest BCUT2D eigenvalue weighted by atomic mass is 10.1. The predicted molar refractivity (Wildman–Crippen MR) is 102 cm³/mol. The number of halogens is 1. The number of carbonyl (C=O) groups is 2. The molecule has 4 nitrogen and oxygen atoms in total. The molecule has 2 amide bonds. The Morgan fingerprint density at radius 1 is 1.08 bits per heavy atom. The zero-order valence-electron chi connectivity index (χ0n) is 13.0. The molecule has 24 heavy (non-hydrogen) atoms. The van der Waals surface area contributed by atoms with Crippen molar-refractivity contribution in [2.75, 3.05) is 18.9 Å². The molecular formula is C18H15BrN2O2S. The molecule has 3 aromatic rings. The first-order valence-electron chi connectivity index (χ1n) is 7.33. The van der Waals surface area contributed by atoms with E-state index in [9.17, 15) is 9.59 Å². The summed E-state index contributed by atoms with van der Waals surface area (Å²) >= 11 is 4.69. The Morgan fingerprint density at radius 3 is 2.58 bits per heavy atom. The first-order valence-corrected chi connectivity index (χ1v) is 8.94.